The van der Waals surface area contributed by atoms with Gasteiger partial charge in [-0.1, -0.05) is 132 Å². The van der Waals surface area contributed by atoms with E-state index in [0.717, 1.165) is 0 Å². The number of benzene rings is 8. The lowest BCUT2D eigenvalue weighted by Gasteiger charge is -2.42. The summed E-state index contributed by atoms with van der Waals surface area (Å²) in [4.78, 5) is 2.71. The molecule has 0 radical (unpaired) electrons. The van der Waals surface area contributed by atoms with Gasteiger partial charge in [0.2, 0.25) is 0 Å². The van der Waals surface area contributed by atoms with Gasteiger partial charge in [0.05, 0.1) is 11.0 Å². The number of hydrogen-bond donors (Lipinski definition) is 0. The number of fused-ring (bicyclic) bond motifs is 18. The van der Waals surface area contributed by atoms with Crippen molar-refractivity contribution in [1.82, 2.24) is 4.57 Å². The summed E-state index contributed by atoms with van der Waals surface area (Å²) < 4.78 is 8.01. The summed E-state index contributed by atoms with van der Waals surface area (Å²) in [6.07, 6.45) is 0. The molecule has 14 rings (SSSR count). The Morgan fingerprint density at radius 1 is 0.533 bits per heavy atom. The predicted octanol–water partition coefficient (Wildman–Crippen LogP) is 14.4. The number of nitrogens with zero attached hydrogens (tertiary/aromatic N) is 2. The van der Waals surface area contributed by atoms with E-state index in [9.17, 15) is 0 Å². The van der Waals surface area contributed by atoms with Crippen LogP contribution < -0.4 is 15.7 Å². The van der Waals surface area contributed by atoms with E-state index in [4.69, 9.17) is 0 Å². The maximum Gasteiger partial charge on any atom is 0.333 e. The van der Waals surface area contributed by atoms with Crippen LogP contribution in [0.3, 0.4) is 0 Å². The highest BCUT2D eigenvalue weighted by Gasteiger charge is 2.46. The summed E-state index contributed by atoms with van der Waals surface area (Å²) in [6, 6.07) is 56.5. The van der Waals surface area contributed by atoms with Gasteiger partial charge in [0, 0.05) is 79.2 Å². The molecule has 60 heavy (non-hydrogen) atoms. The first kappa shape index (κ1) is 33.7. The van der Waals surface area contributed by atoms with Crippen LogP contribution in [0.5, 0.6) is 0 Å². The highest BCUT2D eigenvalue weighted by molar-refractivity contribution is 7.26. The summed E-state index contributed by atoms with van der Waals surface area (Å²) in [6.45, 7) is 11.7. The van der Waals surface area contributed by atoms with Crippen molar-refractivity contribution in [1.29, 1.82) is 0 Å². The summed E-state index contributed by atoms with van der Waals surface area (Å²) >= 11 is 3.83. The summed E-state index contributed by atoms with van der Waals surface area (Å²) in [5.41, 5.74) is 18.7. The largest absolute Gasteiger partial charge is 0.376 e. The van der Waals surface area contributed by atoms with Gasteiger partial charge in [0.1, 0.15) is 0 Å². The van der Waals surface area contributed by atoms with Crippen LogP contribution in [-0.4, -0.2) is 11.4 Å². The average molecular weight is 803 g/mol. The zero-order valence-corrected chi connectivity index (χ0v) is 35.8. The zero-order chi connectivity index (χ0) is 40.0. The van der Waals surface area contributed by atoms with Crippen LogP contribution in [0.2, 0.25) is 0 Å². The van der Waals surface area contributed by atoms with Crippen molar-refractivity contribution in [2.45, 2.75) is 45.4 Å². The minimum absolute atomic E-state index is 0.0503. The molecule has 0 saturated carbocycles. The van der Waals surface area contributed by atoms with Crippen molar-refractivity contribution >= 4 is 114 Å². The Bertz CT molecular complexity index is 3740. The first-order valence-corrected chi connectivity index (χ1v) is 22.8. The minimum Gasteiger partial charge on any atom is -0.376 e. The molecule has 0 fully saturated rings. The van der Waals surface area contributed by atoms with Crippen LogP contribution in [0.1, 0.15) is 51.3 Å². The fourth-order valence-electron chi connectivity index (χ4n) is 11.5. The molecule has 11 aromatic rings. The molecular formula is C55H39BN2S2. The lowest BCUT2D eigenvalue weighted by atomic mass is 9.44. The van der Waals surface area contributed by atoms with E-state index in [1.54, 1.807) is 0 Å². The third-order valence-electron chi connectivity index (χ3n) is 14.3. The van der Waals surface area contributed by atoms with Gasteiger partial charge in [0.15, 0.2) is 0 Å². The smallest absolute Gasteiger partial charge is 0.333 e. The van der Waals surface area contributed by atoms with Crippen molar-refractivity contribution in [2.75, 3.05) is 4.81 Å². The topological polar surface area (TPSA) is 8.17 Å². The molecule has 5 heterocycles. The first-order chi connectivity index (χ1) is 29.1. The number of rotatable bonds is 1. The lowest BCUT2D eigenvalue weighted by molar-refractivity contribution is 0.590. The normalized spacial score (nSPS) is 14.8. The number of aromatic nitrogens is 1. The van der Waals surface area contributed by atoms with Gasteiger partial charge in [-0.2, -0.15) is 0 Å². The minimum atomic E-state index is -0.0861. The van der Waals surface area contributed by atoms with Crippen molar-refractivity contribution < 1.29 is 0 Å². The van der Waals surface area contributed by atoms with E-state index in [2.05, 4.69) is 190 Å². The van der Waals surface area contributed by atoms with Crippen molar-refractivity contribution in [3.8, 4) is 27.9 Å². The van der Waals surface area contributed by atoms with E-state index in [0.29, 0.717) is 0 Å². The second-order valence-corrected chi connectivity index (χ2v) is 21.0. The second-order valence-electron chi connectivity index (χ2n) is 18.8. The zero-order valence-electron chi connectivity index (χ0n) is 34.1. The predicted molar refractivity (Wildman–Crippen MR) is 262 cm³/mol. The van der Waals surface area contributed by atoms with Crippen molar-refractivity contribution in [2.24, 2.45) is 0 Å². The number of thiophene rings is 2. The van der Waals surface area contributed by atoms with E-state index >= 15 is 0 Å². The van der Waals surface area contributed by atoms with Gasteiger partial charge in [-0.3, -0.25) is 0 Å². The molecule has 0 saturated heterocycles. The third-order valence-corrected chi connectivity index (χ3v) is 16.6. The third kappa shape index (κ3) is 4.10. The Morgan fingerprint density at radius 2 is 1.22 bits per heavy atom. The maximum absolute atomic E-state index is 2.71. The quantitative estimate of drug-likeness (QED) is 0.150. The molecule has 1 aliphatic carbocycles. The lowest BCUT2D eigenvalue weighted by Crippen LogP contribution is -2.60. The fourth-order valence-corrected chi connectivity index (χ4v) is 13.8. The molecule has 284 valence electrons. The molecule has 0 bridgehead atoms. The van der Waals surface area contributed by atoms with Gasteiger partial charge in [-0.05, 0) is 98.3 Å². The van der Waals surface area contributed by atoms with Gasteiger partial charge >= 0.3 is 6.85 Å². The molecule has 5 heteroatoms. The van der Waals surface area contributed by atoms with E-state index in [-0.39, 0.29) is 17.7 Å². The van der Waals surface area contributed by atoms with Crippen LogP contribution in [0.4, 0.5) is 11.4 Å². The van der Waals surface area contributed by atoms with Crippen molar-refractivity contribution in [3.05, 3.63) is 162 Å². The van der Waals surface area contributed by atoms with Crippen LogP contribution in [0, 0.1) is 0 Å². The molecule has 3 aromatic heterocycles. The molecule has 0 N–H and O–H groups in total. The number of hydrogen-bond acceptors (Lipinski definition) is 3. The number of anilines is 2. The van der Waals surface area contributed by atoms with Gasteiger partial charge in [-0.15, -0.1) is 22.7 Å². The van der Waals surface area contributed by atoms with E-state index in [1.807, 2.05) is 22.7 Å². The first-order valence-electron chi connectivity index (χ1n) is 21.2. The summed E-state index contributed by atoms with van der Waals surface area (Å²) in [7, 11) is 0. The van der Waals surface area contributed by atoms with Crippen LogP contribution in [0.25, 0.3) is 90.1 Å². The molecule has 8 aromatic carbocycles. The molecule has 0 amide bonds. The standard InChI is InChI=1S/C55H39BN2S2/c1-54(2,3)30-18-20-31(21-19-30)58-44-27-39-33-13-8-11-17-47(33)59-48(39)28-37(44)34-22-23-36-51-43(25-24-41-50(51)35-14-6-9-15-40(35)55(41,4)5)57-45-29-49-38(32-12-7-10-16-46(32)60-49)26-42(45)56(58)52(34)53(36)57/h6-29H,1-5H3. The molecular weight excluding hydrogens is 764 g/mol. The summed E-state index contributed by atoms with van der Waals surface area (Å²) in [5, 5.41) is 8.05. The van der Waals surface area contributed by atoms with Crippen molar-refractivity contribution in [3.63, 3.8) is 0 Å². The SMILES string of the molecule is CC(C)(C)c1ccc(N2B3c4cc5c(cc4-n4c6ccc7c(c6c6ccc(c3c64)-c3cc4sc6ccccc6c4cc32)-c2ccccc2C7(C)C)sc2ccccc25)cc1. The fraction of sp³-hybridized carbons (Fsp3) is 0.127. The molecule has 0 atom stereocenters. The molecule has 0 unspecified atom stereocenters. The Hall–Kier alpha value is -6.14. The molecule has 2 aliphatic heterocycles. The highest BCUT2D eigenvalue weighted by atomic mass is 32.1. The Labute approximate surface area is 357 Å². The van der Waals surface area contributed by atoms with Gasteiger partial charge in [-0.25, -0.2) is 0 Å². The van der Waals surface area contributed by atoms with Crippen LogP contribution in [-0.2, 0) is 10.8 Å². The van der Waals surface area contributed by atoms with Crippen LogP contribution >= 0.6 is 22.7 Å². The van der Waals surface area contributed by atoms with Gasteiger partial charge < -0.3 is 9.38 Å². The maximum atomic E-state index is 2.71. The highest BCUT2D eigenvalue weighted by Crippen LogP contribution is 2.55. The van der Waals surface area contributed by atoms with Crippen LogP contribution in [0.15, 0.2) is 146 Å². The Balaban J connectivity index is 1.18. The Morgan fingerprint density at radius 3 is 1.97 bits per heavy atom. The average Bonchev–Trinajstić information content (AvgIpc) is 3.98. The second kappa shape index (κ2) is 11.2. The van der Waals surface area contributed by atoms with E-state index in [1.165, 1.54) is 129 Å². The van der Waals surface area contributed by atoms with Gasteiger partial charge in [0.25, 0.3) is 0 Å². The van der Waals surface area contributed by atoms with E-state index < -0.39 is 0 Å². The summed E-state index contributed by atoms with van der Waals surface area (Å²) in [5.74, 6) is 0. The molecule has 3 aliphatic rings. The Kier molecular flexibility index (Phi) is 6.26. The molecule has 2 nitrogen and oxygen atoms in total. The molecule has 0 spiro atoms. The monoisotopic (exact) mass is 802 g/mol.